The molecule has 4 fully saturated rings. The summed E-state index contributed by atoms with van der Waals surface area (Å²) in [5.74, 6) is -1.26. The molecule has 2 spiro atoms. The van der Waals surface area contributed by atoms with E-state index >= 15 is 0 Å². The normalized spacial score (nSPS) is 46.2. The Labute approximate surface area is 367 Å². The van der Waals surface area contributed by atoms with Crippen LogP contribution >= 0.6 is 0 Å². The van der Waals surface area contributed by atoms with E-state index in [-0.39, 0.29) is 57.7 Å². The van der Waals surface area contributed by atoms with Crippen molar-refractivity contribution < 1.29 is 54.5 Å². The number of hydrogen-bond donors (Lipinski definition) is 6. The van der Waals surface area contributed by atoms with Gasteiger partial charge in [-0.3, -0.25) is 9.59 Å². The highest BCUT2D eigenvalue weighted by atomic mass is 16.6. The average Bonchev–Trinajstić information content (AvgIpc) is 3.95. The van der Waals surface area contributed by atoms with Gasteiger partial charge in [-0.25, -0.2) is 4.79 Å². The highest BCUT2D eigenvalue weighted by Gasteiger charge is 2.78. The lowest BCUT2D eigenvalue weighted by atomic mass is 9.59. The zero-order valence-electron chi connectivity index (χ0n) is 39.0. The van der Waals surface area contributed by atoms with Gasteiger partial charge >= 0.3 is 5.97 Å². The molecule has 8 rings (SSSR count). The summed E-state index contributed by atoms with van der Waals surface area (Å²) in [5, 5.41) is 67.7. The Morgan fingerprint density at radius 3 is 1.66 bits per heavy atom. The van der Waals surface area contributed by atoms with Gasteiger partial charge in [0.2, 0.25) is 0 Å². The molecular weight excluding hydrogens is 789 g/mol. The van der Waals surface area contributed by atoms with E-state index in [1.54, 1.807) is 45.1 Å². The second kappa shape index (κ2) is 15.3. The molecule has 0 saturated heterocycles. The summed E-state index contributed by atoms with van der Waals surface area (Å²) in [6.45, 7) is 24.5. The van der Waals surface area contributed by atoms with Gasteiger partial charge in [0.1, 0.15) is 23.9 Å². The number of ether oxygens (including phenoxy) is 2. The van der Waals surface area contributed by atoms with Crippen LogP contribution in [0.25, 0.3) is 0 Å². The molecule has 0 heterocycles. The third-order valence-corrected chi connectivity index (χ3v) is 18.2. The first-order chi connectivity index (χ1) is 28.8. The Bertz CT molecular complexity index is 2100. The van der Waals surface area contributed by atoms with E-state index in [1.165, 1.54) is 0 Å². The number of Topliss-reactive ketones (excluding diaryl/α,β-unsaturated/α-hetero) is 2. The van der Waals surface area contributed by atoms with E-state index in [0.717, 1.165) is 24.0 Å². The van der Waals surface area contributed by atoms with Crippen molar-refractivity contribution in [1.29, 1.82) is 0 Å². The fourth-order valence-electron chi connectivity index (χ4n) is 14.1. The molecule has 11 nitrogen and oxygen atoms in total. The van der Waals surface area contributed by atoms with Crippen LogP contribution < -0.4 is 0 Å². The maximum absolute atomic E-state index is 14.3. The molecule has 62 heavy (non-hydrogen) atoms. The smallest absolute Gasteiger partial charge is 0.334 e. The van der Waals surface area contributed by atoms with Crippen molar-refractivity contribution in [3.63, 3.8) is 0 Å². The number of hydrogen-bond acceptors (Lipinski definition) is 11. The standard InChI is InChI=1S/C26H38O5.C25H34O6/c1-8-13(2)16(5)31-23-14(3)11-25-15(4)9-19-20(24(19,6)7)18(22(25)29)10-17(12-27)21(28)26(23,25)30;1-7-12(2)22(29)31-21-15(11-26)9-16-18-17(23(18,5)6)8-14(4)24(20(16)28)10-13(3)19(27)25(21,24)30/h8,10-11,15-16,18-21,23,27-28,30H,9,12H2,1-7H3;7,9-10,14,16-19,21,26-27,30H,8,11H2,1-6H3/b13-8+;12-7-/t15-,16?,18-,19-,20+,21-,23+,25+,26+;14-,16-,17-,18+,19+,21-,24+,25-/m11/s1. The van der Waals surface area contributed by atoms with Crippen LogP contribution in [-0.4, -0.2) is 103 Å². The Hall–Kier alpha value is -3.03. The van der Waals surface area contributed by atoms with Crippen LogP contribution in [-0.2, 0) is 23.9 Å². The van der Waals surface area contributed by atoms with Crippen molar-refractivity contribution in [1.82, 2.24) is 0 Å². The molecule has 0 aromatic heterocycles. The maximum atomic E-state index is 14.3. The van der Waals surface area contributed by atoms with Gasteiger partial charge in [-0.15, -0.1) is 0 Å². The lowest BCUT2D eigenvalue weighted by molar-refractivity contribution is -0.204. The van der Waals surface area contributed by atoms with E-state index in [1.807, 2.05) is 53.7 Å². The topological polar surface area (TPSA) is 191 Å². The van der Waals surface area contributed by atoms with Crippen LogP contribution in [0, 0.1) is 69.0 Å². The second-order valence-electron chi connectivity index (χ2n) is 21.7. The monoisotopic (exact) mass is 861 g/mol. The summed E-state index contributed by atoms with van der Waals surface area (Å²) in [7, 11) is 0. The Morgan fingerprint density at radius 1 is 0.758 bits per heavy atom. The van der Waals surface area contributed by atoms with Gasteiger partial charge in [-0.1, -0.05) is 78.0 Å². The number of esters is 1. The molecule has 6 N–H and O–H groups in total. The minimum absolute atomic E-state index is 0.0284. The third-order valence-electron chi connectivity index (χ3n) is 18.2. The number of fused-ring (bicyclic) bond motifs is 6. The van der Waals surface area contributed by atoms with Crippen molar-refractivity contribution >= 4 is 17.5 Å². The fourth-order valence-corrected chi connectivity index (χ4v) is 14.1. The Kier molecular flexibility index (Phi) is 11.6. The molecule has 0 aromatic rings. The summed E-state index contributed by atoms with van der Waals surface area (Å²) >= 11 is 0. The van der Waals surface area contributed by atoms with Gasteiger partial charge in [0.05, 0.1) is 30.1 Å². The predicted octanol–water partition coefficient (Wildman–Crippen LogP) is 5.53. The van der Waals surface area contributed by atoms with Crippen molar-refractivity contribution in [2.24, 2.45) is 69.0 Å². The van der Waals surface area contributed by atoms with Crippen LogP contribution in [0.2, 0.25) is 0 Å². The number of rotatable bonds is 7. The molecule has 4 saturated carbocycles. The Morgan fingerprint density at radius 2 is 1.21 bits per heavy atom. The van der Waals surface area contributed by atoms with Crippen LogP contribution in [0.1, 0.15) is 103 Å². The molecule has 0 aromatic carbocycles. The quantitative estimate of drug-likeness (QED) is 0.107. The first-order valence-electron chi connectivity index (χ1n) is 22.8. The largest absolute Gasteiger partial charge is 0.451 e. The number of allylic oxidation sites excluding steroid dienone is 4. The van der Waals surface area contributed by atoms with Gasteiger partial charge in [-0.05, 0) is 136 Å². The van der Waals surface area contributed by atoms with Crippen molar-refractivity contribution in [3.05, 3.63) is 69.9 Å². The minimum Gasteiger partial charge on any atom is -0.451 e. The molecular formula is C51H72O11. The Balaban J connectivity index is 0.000000186. The SMILES string of the molecule is C/C=C(/C)C(=O)O[C@@H]1C(CO)=C[C@H]2C(=O)[C@]3(C=C(C)[C@H](O)[C@@]13O)[C@H](C)C[C@@H]1[C@H]2C1(C)C.C/C=C(\C)C(C)O[C@H]1C(C)=C[C@]23C(=O)[C@H](C=C(CO)[C@@H](O)[C@]12O)[C@H]1[C@@H](C[C@H]3C)C1(C)C. The summed E-state index contributed by atoms with van der Waals surface area (Å²) in [6, 6.07) is 0. The van der Waals surface area contributed by atoms with E-state index in [0.29, 0.717) is 28.6 Å². The molecule has 11 heteroatoms. The third kappa shape index (κ3) is 5.97. The number of carbonyl (C=O) groups excluding carboxylic acids is 3. The van der Waals surface area contributed by atoms with Gasteiger partial charge in [0.25, 0.3) is 0 Å². The summed E-state index contributed by atoms with van der Waals surface area (Å²) < 4.78 is 12.1. The van der Waals surface area contributed by atoms with E-state index < -0.39 is 77.5 Å². The van der Waals surface area contributed by atoms with E-state index in [2.05, 4.69) is 27.7 Å². The van der Waals surface area contributed by atoms with Crippen LogP contribution in [0.5, 0.6) is 0 Å². The first kappa shape index (κ1) is 46.9. The summed E-state index contributed by atoms with van der Waals surface area (Å²) in [4.78, 5) is 41.2. The lowest BCUT2D eigenvalue weighted by Gasteiger charge is -2.49. The van der Waals surface area contributed by atoms with Crippen LogP contribution in [0.3, 0.4) is 0 Å². The molecule has 0 radical (unpaired) electrons. The molecule has 1 unspecified atom stereocenters. The highest BCUT2D eigenvalue weighted by molar-refractivity contribution is 5.96. The maximum Gasteiger partial charge on any atom is 0.334 e. The molecule has 8 aliphatic rings. The van der Waals surface area contributed by atoms with Gasteiger partial charge in [0, 0.05) is 17.4 Å². The van der Waals surface area contributed by atoms with Gasteiger partial charge < -0.3 is 40.1 Å². The zero-order chi connectivity index (χ0) is 46.2. The lowest BCUT2D eigenvalue weighted by Crippen LogP contribution is -2.66. The van der Waals surface area contributed by atoms with E-state index in [9.17, 15) is 45.0 Å². The molecule has 0 aliphatic heterocycles. The molecule has 342 valence electrons. The van der Waals surface area contributed by atoms with E-state index in [4.69, 9.17) is 9.47 Å². The van der Waals surface area contributed by atoms with Crippen molar-refractivity contribution in [3.8, 4) is 0 Å². The van der Waals surface area contributed by atoms with Crippen LogP contribution in [0.15, 0.2) is 69.9 Å². The first-order valence-corrected chi connectivity index (χ1v) is 22.8. The van der Waals surface area contributed by atoms with Crippen LogP contribution in [0.4, 0.5) is 0 Å². The second-order valence-corrected chi connectivity index (χ2v) is 21.7. The number of carbonyl (C=O) groups is 3. The average molecular weight is 861 g/mol. The number of aliphatic hydroxyl groups excluding tert-OH is 4. The molecule has 4 bridgehead atoms. The number of aliphatic hydroxyl groups is 6. The molecule has 17 atom stereocenters. The van der Waals surface area contributed by atoms with Gasteiger partial charge in [0.15, 0.2) is 23.3 Å². The van der Waals surface area contributed by atoms with Crippen molar-refractivity contribution in [2.75, 3.05) is 13.2 Å². The fraction of sp³-hybridized carbons (Fsp3) is 0.706. The van der Waals surface area contributed by atoms with Gasteiger partial charge in [-0.2, -0.15) is 0 Å². The predicted molar refractivity (Wildman–Crippen MR) is 234 cm³/mol. The summed E-state index contributed by atoms with van der Waals surface area (Å²) in [6.07, 6.45) is 6.96. The molecule has 8 aliphatic carbocycles. The zero-order valence-corrected chi connectivity index (χ0v) is 39.0. The summed E-state index contributed by atoms with van der Waals surface area (Å²) in [5.41, 5.74) is -3.36. The highest BCUT2D eigenvalue weighted by Crippen LogP contribution is 2.73. The minimum atomic E-state index is -2.08. The molecule has 0 amide bonds. The number of ketones is 2. The van der Waals surface area contributed by atoms with Crippen molar-refractivity contribution in [2.45, 2.75) is 145 Å².